The Balaban J connectivity index is 1.55. The summed E-state index contributed by atoms with van der Waals surface area (Å²) < 4.78 is 70.9. The van der Waals surface area contributed by atoms with Gasteiger partial charge in [0.2, 0.25) is 0 Å². The monoisotopic (exact) mass is 446 g/mol. The molecule has 0 fully saturated rings. The van der Waals surface area contributed by atoms with Crippen LogP contribution < -0.4 is 4.74 Å². The molecule has 168 valence electrons. The van der Waals surface area contributed by atoms with Crippen molar-refractivity contribution in [3.05, 3.63) is 88.5 Å². The van der Waals surface area contributed by atoms with Gasteiger partial charge in [-0.2, -0.15) is 0 Å². The average Bonchev–Trinajstić information content (AvgIpc) is 2.74. The molecule has 1 unspecified atom stereocenters. The third kappa shape index (κ3) is 4.79. The van der Waals surface area contributed by atoms with E-state index < -0.39 is 6.36 Å². The van der Waals surface area contributed by atoms with E-state index in [9.17, 15) is 17.6 Å². The van der Waals surface area contributed by atoms with Crippen LogP contribution in [0.25, 0.3) is 11.1 Å². The summed E-state index contributed by atoms with van der Waals surface area (Å²) in [6.07, 6.45) is -1.32. The molecule has 1 atom stereocenters. The van der Waals surface area contributed by atoms with Crippen LogP contribution in [0.15, 0.2) is 54.6 Å². The first-order chi connectivity index (χ1) is 15.2. The Morgan fingerprint density at radius 3 is 2.38 bits per heavy atom. The highest BCUT2D eigenvalue weighted by Gasteiger charge is 2.31. The van der Waals surface area contributed by atoms with E-state index in [-0.39, 0.29) is 23.3 Å². The number of halogens is 5. The number of alkyl halides is 3. The SMILES string of the molecule is CCCc1ccc(C2CCc3c(ccc(-c4ccc(OC(F)(F)F)cc4)c3F)C2)c(F)c1. The highest BCUT2D eigenvalue weighted by Crippen LogP contribution is 2.38. The van der Waals surface area contributed by atoms with Crippen molar-refractivity contribution in [2.24, 2.45) is 0 Å². The molecule has 0 heterocycles. The number of ether oxygens (including phenoxy) is 1. The van der Waals surface area contributed by atoms with E-state index in [1.807, 2.05) is 18.2 Å². The molecule has 0 amide bonds. The molecule has 1 aliphatic carbocycles. The van der Waals surface area contributed by atoms with Crippen molar-refractivity contribution < 1.29 is 26.7 Å². The maximum absolute atomic E-state index is 15.3. The molecule has 0 aromatic heterocycles. The lowest BCUT2D eigenvalue weighted by molar-refractivity contribution is -0.274. The molecule has 0 radical (unpaired) electrons. The summed E-state index contributed by atoms with van der Waals surface area (Å²) in [5.74, 6) is -0.941. The Bertz CT molecular complexity index is 1100. The molecular weight excluding hydrogens is 423 g/mol. The van der Waals surface area contributed by atoms with Gasteiger partial charge in [0.1, 0.15) is 17.4 Å². The van der Waals surface area contributed by atoms with Crippen LogP contribution in [0.4, 0.5) is 22.0 Å². The molecule has 0 N–H and O–H groups in total. The van der Waals surface area contributed by atoms with Crippen molar-refractivity contribution >= 4 is 0 Å². The summed E-state index contributed by atoms with van der Waals surface area (Å²) in [5, 5.41) is 0. The lowest BCUT2D eigenvalue weighted by Crippen LogP contribution is -2.17. The molecule has 0 saturated carbocycles. The van der Waals surface area contributed by atoms with E-state index in [0.29, 0.717) is 41.5 Å². The first kappa shape index (κ1) is 22.3. The van der Waals surface area contributed by atoms with Crippen molar-refractivity contribution in [3.8, 4) is 16.9 Å². The van der Waals surface area contributed by atoms with Gasteiger partial charge in [0.25, 0.3) is 0 Å². The van der Waals surface area contributed by atoms with E-state index in [4.69, 9.17) is 0 Å². The van der Waals surface area contributed by atoms with Crippen molar-refractivity contribution in [3.63, 3.8) is 0 Å². The number of hydrogen-bond acceptors (Lipinski definition) is 1. The predicted molar refractivity (Wildman–Crippen MR) is 114 cm³/mol. The van der Waals surface area contributed by atoms with Gasteiger partial charge >= 0.3 is 6.36 Å². The van der Waals surface area contributed by atoms with Crippen LogP contribution in [0.2, 0.25) is 0 Å². The van der Waals surface area contributed by atoms with Crippen molar-refractivity contribution in [2.75, 3.05) is 0 Å². The lowest BCUT2D eigenvalue weighted by atomic mass is 9.78. The minimum atomic E-state index is -4.77. The van der Waals surface area contributed by atoms with Gasteiger partial charge in [0.05, 0.1) is 0 Å². The zero-order valence-corrected chi connectivity index (χ0v) is 17.6. The van der Waals surface area contributed by atoms with E-state index in [0.717, 1.165) is 24.0 Å². The summed E-state index contributed by atoms with van der Waals surface area (Å²) >= 11 is 0. The normalized spacial score (nSPS) is 16.0. The molecule has 3 aromatic carbocycles. The highest BCUT2D eigenvalue weighted by atomic mass is 19.4. The third-order valence-electron chi connectivity index (χ3n) is 5.99. The fourth-order valence-electron chi connectivity index (χ4n) is 4.48. The molecular formula is C26H23F5O. The first-order valence-corrected chi connectivity index (χ1v) is 10.7. The summed E-state index contributed by atoms with van der Waals surface area (Å²) in [6.45, 7) is 2.05. The Morgan fingerprint density at radius 2 is 1.72 bits per heavy atom. The number of fused-ring (bicyclic) bond motifs is 1. The second kappa shape index (κ2) is 8.93. The zero-order chi connectivity index (χ0) is 22.9. The Hall–Kier alpha value is -2.89. The minimum Gasteiger partial charge on any atom is -0.406 e. The Labute approximate surface area is 183 Å². The smallest absolute Gasteiger partial charge is 0.406 e. The number of hydrogen-bond donors (Lipinski definition) is 0. The number of benzene rings is 3. The Morgan fingerprint density at radius 1 is 0.969 bits per heavy atom. The van der Waals surface area contributed by atoms with Gasteiger partial charge in [-0.3, -0.25) is 0 Å². The molecule has 0 bridgehead atoms. The van der Waals surface area contributed by atoms with Crippen molar-refractivity contribution in [2.45, 2.75) is 51.3 Å². The maximum atomic E-state index is 15.3. The molecule has 6 heteroatoms. The average molecular weight is 446 g/mol. The lowest BCUT2D eigenvalue weighted by Gasteiger charge is -2.26. The summed E-state index contributed by atoms with van der Waals surface area (Å²) in [7, 11) is 0. The van der Waals surface area contributed by atoms with Crippen LogP contribution in [-0.4, -0.2) is 6.36 Å². The molecule has 0 spiro atoms. The van der Waals surface area contributed by atoms with Gasteiger partial charge in [0.15, 0.2) is 0 Å². The third-order valence-corrected chi connectivity index (χ3v) is 5.99. The maximum Gasteiger partial charge on any atom is 0.573 e. The first-order valence-electron chi connectivity index (χ1n) is 10.7. The van der Waals surface area contributed by atoms with E-state index in [1.165, 1.54) is 24.3 Å². The van der Waals surface area contributed by atoms with E-state index >= 15 is 4.39 Å². The Kier molecular flexibility index (Phi) is 6.22. The topological polar surface area (TPSA) is 9.23 Å². The molecule has 32 heavy (non-hydrogen) atoms. The predicted octanol–water partition coefficient (Wildman–Crippen LogP) is 7.76. The molecule has 3 aromatic rings. The van der Waals surface area contributed by atoms with Crippen LogP contribution in [0.1, 0.15) is 47.9 Å². The van der Waals surface area contributed by atoms with Gasteiger partial charge < -0.3 is 4.74 Å². The van der Waals surface area contributed by atoms with Crippen LogP contribution in [-0.2, 0) is 19.3 Å². The molecule has 1 aliphatic rings. The number of rotatable bonds is 5. The van der Waals surface area contributed by atoms with Gasteiger partial charge in [0, 0.05) is 5.56 Å². The van der Waals surface area contributed by atoms with Crippen molar-refractivity contribution in [1.29, 1.82) is 0 Å². The molecule has 4 rings (SSSR count). The summed E-state index contributed by atoms with van der Waals surface area (Å²) in [4.78, 5) is 0. The highest BCUT2D eigenvalue weighted by molar-refractivity contribution is 5.67. The van der Waals surface area contributed by atoms with E-state index in [1.54, 1.807) is 12.1 Å². The second-order valence-electron chi connectivity index (χ2n) is 8.18. The zero-order valence-electron chi connectivity index (χ0n) is 17.6. The largest absolute Gasteiger partial charge is 0.573 e. The van der Waals surface area contributed by atoms with Crippen LogP contribution >= 0.6 is 0 Å². The quantitative estimate of drug-likeness (QED) is 0.364. The standard InChI is InChI=1S/C26H23F5O/c1-2-3-16-4-11-21(24(27)14-16)18-7-13-23-19(15-18)8-12-22(25(23)28)17-5-9-20(10-6-17)32-26(29,30)31/h4-6,8-12,14,18H,2-3,7,13,15H2,1H3. The van der Waals surface area contributed by atoms with Gasteiger partial charge in [-0.1, -0.05) is 49.7 Å². The molecule has 0 aliphatic heterocycles. The molecule has 0 saturated heterocycles. The van der Waals surface area contributed by atoms with Crippen LogP contribution in [0, 0.1) is 11.6 Å². The second-order valence-corrected chi connectivity index (χ2v) is 8.18. The van der Waals surface area contributed by atoms with Crippen LogP contribution in [0.3, 0.4) is 0 Å². The fraction of sp³-hybridized carbons (Fsp3) is 0.308. The fourth-order valence-corrected chi connectivity index (χ4v) is 4.48. The molecule has 1 nitrogen and oxygen atoms in total. The summed E-state index contributed by atoms with van der Waals surface area (Å²) in [5.41, 5.74) is 3.89. The minimum absolute atomic E-state index is 0.0118. The van der Waals surface area contributed by atoms with Gasteiger partial charge in [-0.25, -0.2) is 8.78 Å². The van der Waals surface area contributed by atoms with Crippen LogP contribution in [0.5, 0.6) is 5.75 Å². The summed E-state index contributed by atoms with van der Waals surface area (Å²) in [6, 6.07) is 14.0. The van der Waals surface area contributed by atoms with Gasteiger partial charge in [-0.15, -0.1) is 13.2 Å². The van der Waals surface area contributed by atoms with Gasteiger partial charge in [-0.05, 0) is 77.6 Å². The van der Waals surface area contributed by atoms with E-state index in [2.05, 4.69) is 11.7 Å². The van der Waals surface area contributed by atoms with Crippen molar-refractivity contribution in [1.82, 2.24) is 0 Å². The number of aryl methyl sites for hydroxylation is 1.